The molecule has 1 aromatic rings. The van der Waals surface area contributed by atoms with Crippen LogP contribution in [0.3, 0.4) is 0 Å². The van der Waals surface area contributed by atoms with Crippen molar-refractivity contribution in [2.75, 3.05) is 13.6 Å². The summed E-state index contributed by atoms with van der Waals surface area (Å²) in [7, 11) is 3.42. The molecule has 2 rings (SSSR count). The van der Waals surface area contributed by atoms with Crippen molar-refractivity contribution in [1.82, 2.24) is 30.8 Å². The van der Waals surface area contributed by atoms with Gasteiger partial charge < -0.3 is 10.6 Å². The summed E-state index contributed by atoms with van der Waals surface area (Å²) in [5.41, 5.74) is 0. The van der Waals surface area contributed by atoms with E-state index in [0.29, 0.717) is 5.92 Å². The Labute approximate surface area is 100.0 Å². The molecule has 0 spiro atoms. The maximum atomic E-state index is 11.5. The SMILES string of the molecule is CNC(=O)C1CC(Cc2nnn(C)n2)CCN1. The average Bonchev–Trinajstić information content (AvgIpc) is 2.74. The summed E-state index contributed by atoms with van der Waals surface area (Å²) in [6, 6.07) is -0.0876. The van der Waals surface area contributed by atoms with Crippen LogP contribution in [0, 0.1) is 5.92 Å². The topological polar surface area (TPSA) is 84.7 Å². The van der Waals surface area contributed by atoms with Gasteiger partial charge in [0.05, 0.1) is 13.1 Å². The Morgan fingerprint density at radius 1 is 1.65 bits per heavy atom. The molecule has 94 valence electrons. The fourth-order valence-corrected chi connectivity index (χ4v) is 2.22. The number of hydrogen-bond acceptors (Lipinski definition) is 5. The molecular weight excluding hydrogens is 220 g/mol. The van der Waals surface area contributed by atoms with Crippen molar-refractivity contribution in [3.8, 4) is 0 Å². The Balaban J connectivity index is 1.91. The molecule has 0 aromatic carbocycles. The number of likely N-dealkylation sites (N-methyl/N-ethyl adjacent to an activating group) is 1. The van der Waals surface area contributed by atoms with Crippen molar-refractivity contribution in [2.45, 2.75) is 25.3 Å². The van der Waals surface area contributed by atoms with E-state index in [0.717, 1.165) is 31.6 Å². The third-order valence-corrected chi connectivity index (χ3v) is 3.10. The fraction of sp³-hybridized carbons (Fsp3) is 0.800. The molecule has 2 unspecified atom stereocenters. The van der Waals surface area contributed by atoms with Gasteiger partial charge in [0.2, 0.25) is 5.91 Å². The molecular formula is C10H18N6O. The molecule has 2 heterocycles. The van der Waals surface area contributed by atoms with Crippen molar-refractivity contribution < 1.29 is 4.79 Å². The van der Waals surface area contributed by atoms with Gasteiger partial charge in [-0.3, -0.25) is 4.79 Å². The number of aryl methyl sites for hydroxylation is 1. The Kier molecular flexibility index (Phi) is 3.68. The molecule has 0 radical (unpaired) electrons. The van der Waals surface area contributed by atoms with Crippen LogP contribution in [0.2, 0.25) is 0 Å². The summed E-state index contributed by atoms with van der Waals surface area (Å²) in [6.45, 7) is 0.864. The summed E-state index contributed by atoms with van der Waals surface area (Å²) < 4.78 is 0. The first kappa shape index (κ1) is 12.0. The molecule has 0 bridgehead atoms. The van der Waals surface area contributed by atoms with E-state index in [1.165, 1.54) is 4.80 Å². The third-order valence-electron chi connectivity index (χ3n) is 3.10. The van der Waals surface area contributed by atoms with Crippen LogP contribution >= 0.6 is 0 Å². The summed E-state index contributed by atoms with van der Waals surface area (Å²) >= 11 is 0. The Bertz CT molecular complexity index is 390. The monoisotopic (exact) mass is 238 g/mol. The van der Waals surface area contributed by atoms with Crippen molar-refractivity contribution in [1.29, 1.82) is 0 Å². The van der Waals surface area contributed by atoms with Gasteiger partial charge >= 0.3 is 0 Å². The van der Waals surface area contributed by atoms with Gasteiger partial charge in [0.25, 0.3) is 0 Å². The predicted octanol–water partition coefficient (Wildman–Crippen LogP) is -1.13. The smallest absolute Gasteiger partial charge is 0.236 e. The third kappa shape index (κ3) is 3.00. The molecule has 2 atom stereocenters. The van der Waals surface area contributed by atoms with Crippen LogP contribution in [0.1, 0.15) is 18.7 Å². The van der Waals surface area contributed by atoms with Gasteiger partial charge in [-0.15, -0.1) is 10.2 Å². The Hall–Kier alpha value is -1.50. The number of hydrogen-bond donors (Lipinski definition) is 2. The normalized spacial score (nSPS) is 24.6. The first-order valence-corrected chi connectivity index (χ1v) is 5.87. The van der Waals surface area contributed by atoms with Crippen LogP contribution in [0.5, 0.6) is 0 Å². The zero-order valence-electron chi connectivity index (χ0n) is 10.2. The zero-order chi connectivity index (χ0) is 12.3. The fourth-order valence-electron chi connectivity index (χ4n) is 2.22. The molecule has 0 aliphatic carbocycles. The van der Waals surface area contributed by atoms with E-state index in [9.17, 15) is 4.79 Å². The molecule has 1 amide bonds. The zero-order valence-corrected chi connectivity index (χ0v) is 10.2. The molecule has 0 saturated carbocycles. The average molecular weight is 238 g/mol. The van der Waals surface area contributed by atoms with Crippen molar-refractivity contribution in [2.24, 2.45) is 13.0 Å². The Morgan fingerprint density at radius 3 is 3.12 bits per heavy atom. The lowest BCUT2D eigenvalue weighted by molar-refractivity contribution is -0.123. The van der Waals surface area contributed by atoms with E-state index in [2.05, 4.69) is 26.0 Å². The number of carbonyl (C=O) groups is 1. The summed E-state index contributed by atoms with van der Waals surface area (Å²) in [6.07, 6.45) is 2.67. The lowest BCUT2D eigenvalue weighted by atomic mass is 9.89. The van der Waals surface area contributed by atoms with Gasteiger partial charge in [-0.1, -0.05) is 0 Å². The van der Waals surface area contributed by atoms with E-state index in [4.69, 9.17) is 0 Å². The van der Waals surface area contributed by atoms with Crippen LogP contribution in [0.25, 0.3) is 0 Å². The molecule has 7 nitrogen and oxygen atoms in total. The molecule has 7 heteroatoms. The van der Waals surface area contributed by atoms with E-state index in [1.54, 1.807) is 14.1 Å². The molecule has 1 fully saturated rings. The minimum atomic E-state index is -0.0876. The van der Waals surface area contributed by atoms with Gasteiger partial charge in [-0.2, -0.15) is 4.80 Å². The van der Waals surface area contributed by atoms with E-state index in [-0.39, 0.29) is 11.9 Å². The van der Waals surface area contributed by atoms with Crippen LogP contribution < -0.4 is 10.6 Å². The molecule has 2 N–H and O–H groups in total. The van der Waals surface area contributed by atoms with Crippen LogP contribution in [-0.4, -0.2) is 45.7 Å². The minimum absolute atomic E-state index is 0.0572. The minimum Gasteiger partial charge on any atom is -0.358 e. The highest BCUT2D eigenvalue weighted by Gasteiger charge is 2.27. The largest absolute Gasteiger partial charge is 0.358 e. The van der Waals surface area contributed by atoms with Crippen LogP contribution in [-0.2, 0) is 18.3 Å². The summed E-state index contributed by atoms with van der Waals surface area (Å²) in [4.78, 5) is 13.0. The number of nitrogens with zero attached hydrogens (tertiary/aromatic N) is 4. The van der Waals surface area contributed by atoms with Crippen molar-refractivity contribution >= 4 is 5.91 Å². The molecule has 1 aromatic heterocycles. The van der Waals surface area contributed by atoms with E-state index < -0.39 is 0 Å². The van der Waals surface area contributed by atoms with Gasteiger partial charge in [-0.05, 0) is 30.5 Å². The summed E-state index contributed by atoms with van der Waals surface area (Å²) in [5, 5.41) is 17.9. The first-order valence-electron chi connectivity index (χ1n) is 5.87. The maximum Gasteiger partial charge on any atom is 0.236 e. The number of piperidine rings is 1. The van der Waals surface area contributed by atoms with Crippen LogP contribution in [0.15, 0.2) is 0 Å². The number of tetrazole rings is 1. The molecule has 17 heavy (non-hydrogen) atoms. The number of carbonyl (C=O) groups excluding carboxylic acids is 1. The lowest BCUT2D eigenvalue weighted by Gasteiger charge is -2.28. The predicted molar refractivity (Wildman–Crippen MR) is 61.1 cm³/mol. The van der Waals surface area contributed by atoms with Crippen molar-refractivity contribution in [3.63, 3.8) is 0 Å². The summed E-state index contributed by atoms with van der Waals surface area (Å²) in [5.74, 6) is 1.26. The first-order chi connectivity index (χ1) is 8.19. The highest BCUT2D eigenvalue weighted by atomic mass is 16.2. The second-order valence-corrected chi connectivity index (χ2v) is 4.41. The highest BCUT2D eigenvalue weighted by molar-refractivity contribution is 5.81. The quantitative estimate of drug-likeness (QED) is 0.696. The molecule has 1 aliphatic heterocycles. The Morgan fingerprint density at radius 2 is 2.47 bits per heavy atom. The highest BCUT2D eigenvalue weighted by Crippen LogP contribution is 2.19. The number of aromatic nitrogens is 4. The van der Waals surface area contributed by atoms with E-state index >= 15 is 0 Å². The molecule has 1 aliphatic rings. The van der Waals surface area contributed by atoms with Gasteiger partial charge in [0.15, 0.2) is 5.82 Å². The maximum absolute atomic E-state index is 11.5. The number of amides is 1. The van der Waals surface area contributed by atoms with E-state index in [1.807, 2.05) is 0 Å². The second-order valence-electron chi connectivity index (χ2n) is 4.41. The van der Waals surface area contributed by atoms with Crippen molar-refractivity contribution in [3.05, 3.63) is 5.82 Å². The second kappa shape index (κ2) is 5.22. The lowest BCUT2D eigenvalue weighted by Crippen LogP contribution is -2.48. The number of nitrogens with one attached hydrogen (secondary N) is 2. The standard InChI is InChI=1S/C10H18N6O/c1-11-10(17)8-5-7(3-4-12-8)6-9-13-15-16(2)14-9/h7-8,12H,3-6H2,1-2H3,(H,11,17). The van der Waals surface area contributed by atoms with Gasteiger partial charge in [-0.25, -0.2) is 0 Å². The molecule has 1 saturated heterocycles. The number of rotatable bonds is 3. The van der Waals surface area contributed by atoms with Gasteiger partial charge in [0, 0.05) is 13.5 Å². The van der Waals surface area contributed by atoms with Gasteiger partial charge in [0.1, 0.15) is 0 Å². The van der Waals surface area contributed by atoms with Crippen LogP contribution in [0.4, 0.5) is 0 Å².